The summed E-state index contributed by atoms with van der Waals surface area (Å²) in [4.78, 5) is 13.0. The van der Waals surface area contributed by atoms with Gasteiger partial charge in [0.2, 0.25) is 5.88 Å². The predicted molar refractivity (Wildman–Crippen MR) is 117 cm³/mol. The molecule has 0 amide bonds. The number of carbonyl (C=O) groups is 1. The minimum Gasteiger partial charge on any atom is -0.473 e. The van der Waals surface area contributed by atoms with Crippen LogP contribution >= 0.6 is 0 Å². The molecule has 2 aromatic heterocycles. The van der Waals surface area contributed by atoms with E-state index in [1.165, 1.54) is 18.2 Å². The molecule has 2 N–H and O–H groups in total. The normalized spacial score (nSPS) is 13.8. The van der Waals surface area contributed by atoms with Crippen molar-refractivity contribution >= 4 is 11.3 Å². The molecule has 3 aromatic rings. The average Bonchev–Trinajstić information content (AvgIpc) is 3.11. The summed E-state index contributed by atoms with van der Waals surface area (Å²) in [5, 5.41) is 3.61. The Kier molecular flexibility index (Phi) is 7.30. The number of Topliss-reactive ketones (excluding diaryl/α,β-unsaturated/α-hetero) is 1. The Labute approximate surface area is 193 Å². The number of ether oxygens (including phenoxy) is 1. The molecule has 1 aromatic carbocycles. The lowest BCUT2D eigenvalue weighted by molar-refractivity contribution is -0.141. The molecule has 0 saturated heterocycles. The fourth-order valence-corrected chi connectivity index (χ4v) is 3.86. The van der Waals surface area contributed by atoms with Crippen LogP contribution in [0.25, 0.3) is 5.52 Å². The van der Waals surface area contributed by atoms with Gasteiger partial charge in [-0.25, -0.2) is 8.78 Å². The SMILES string of the molecule is CCCC(C)(N)CCC(=O)c1c(C(F)(F)F)nn2c(OCc3c(F)cccc3F)cc(C)cc12. The number of hydrogen-bond acceptors (Lipinski definition) is 4. The smallest absolute Gasteiger partial charge is 0.435 e. The minimum atomic E-state index is -4.91. The number of carbonyl (C=O) groups excluding carboxylic acids is 1. The van der Waals surface area contributed by atoms with Crippen molar-refractivity contribution in [2.24, 2.45) is 5.73 Å². The maximum Gasteiger partial charge on any atom is 0.435 e. The third-order valence-electron chi connectivity index (χ3n) is 5.56. The lowest BCUT2D eigenvalue weighted by atomic mass is 9.89. The monoisotopic (exact) mass is 483 g/mol. The van der Waals surface area contributed by atoms with E-state index in [2.05, 4.69) is 5.10 Å². The molecule has 1 unspecified atom stereocenters. The molecule has 5 nitrogen and oxygen atoms in total. The first kappa shape index (κ1) is 25.6. The molecule has 0 aliphatic heterocycles. The van der Waals surface area contributed by atoms with Crippen molar-refractivity contribution in [1.82, 2.24) is 9.61 Å². The summed E-state index contributed by atoms with van der Waals surface area (Å²) < 4.78 is 75.8. The second kappa shape index (κ2) is 9.69. The molecule has 0 spiro atoms. The zero-order chi connectivity index (χ0) is 25.3. The van der Waals surface area contributed by atoms with Crippen LogP contribution in [0.5, 0.6) is 5.88 Å². The van der Waals surface area contributed by atoms with Gasteiger partial charge >= 0.3 is 6.18 Å². The summed E-state index contributed by atoms with van der Waals surface area (Å²) >= 11 is 0. The molecular formula is C24H26F5N3O2. The molecule has 0 radical (unpaired) electrons. The number of fused-ring (bicyclic) bond motifs is 1. The van der Waals surface area contributed by atoms with Gasteiger partial charge in [0.25, 0.3) is 0 Å². The second-order valence-corrected chi connectivity index (χ2v) is 8.71. The molecule has 2 heterocycles. The number of halogens is 5. The van der Waals surface area contributed by atoms with Gasteiger partial charge in [0.05, 0.1) is 16.6 Å². The Balaban J connectivity index is 2.04. The number of hydrogen-bond donors (Lipinski definition) is 1. The average molecular weight is 483 g/mol. The van der Waals surface area contributed by atoms with Crippen molar-refractivity contribution < 1.29 is 31.5 Å². The predicted octanol–water partition coefficient (Wildman–Crippen LogP) is 6.00. The highest BCUT2D eigenvalue weighted by molar-refractivity contribution is 6.04. The first-order valence-electron chi connectivity index (χ1n) is 10.8. The van der Waals surface area contributed by atoms with Gasteiger partial charge in [0.15, 0.2) is 11.5 Å². The van der Waals surface area contributed by atoms with E-state index in [1.54, 1.807) is 13.8 Å². The van der Waals surface area contributed by atoms with Gasteiger partial charge in [-0.15, -0.1) is 0 Å². The molecule has 3 rings (SSSR count). The van der Waals surface area contributed by atoms with E-state index in [4.69, 9.17) is 10.5 Å². The van der Waals surface area contributed by atoms with Gasteiger partial charge < -0.3 is 10.5 Å². The van der Waals surface area contributed by atoms with E-state index in [-0.39, 0.29) is 29.8 Å². The Bertz CT molecular complexity index is 1180. The van der Waals surface area contributed by atoms with Gasteiger partial charge in [-0.3, -0.25) is 4.79 Å². The van der Waals surface area contributed by atoms with Gasteiger partial charge in [-0.2, -0.15) is 22.8 Å². The molecule has 0 aliphatic carbocycles. The molecule has 34 heavy (non-hydrogen) atoms. The van der Waals surface area contributed by atoms with Gasteiger partial charge in [0.1, 0.15) is 18.2 Å². The Morgan fingerprint density at radius 3 is 2.38 bits per heavy atom. The van der Waals surface area contributed by atoms with Crippen molar-refractivity contribution in [3.63, 3.8) is 0 Å². The highest BCUT2D eigenvalue weighted by atomic mass is 19.4. The molecule has 0 fully saturated rings. The summed E-state index contributed by atoms with van der Waals surface area (Å²) in [5.41, 5.74) is 3.53. The van der Waals surface area contributed by atoms with Gasteiger partial charge in [-0.1, -0.05) is 19.4 Å². The number of aryl methyl sites for hydroxylation is 1. The zero-order valence-corrected chi connectivity index (χ0v) is 19.1. The van der Waals surface area contributed by atoms with Crippen molar-refractivity contribution in [1.29, 1.82) is 0 Å². The fourth-order valence-electron chi connectivity index (χ4n) is 3.86. The van der Waals surface area contributed by atoms with E-state index >= 15 is 0 Å². The number of alkyl halides is 3. The maximum atomic E-state index is 14.0. The van der Waals surface area contributed by atoms with E-state index < -0.39 is 47.0 Å². The van der Waals surface area contributed by atoms with E-state index in [1.807, 2.05) is 6.92 Å². The second-order valence-electron chi connectivity index (χ2n) is 8.71. The standard InChI is InChI=1S/C24H26F5N3O2/c1-4-9-23(3,30)10-8-19(33)21-18-11-14(2)12-20(32(18)31-22(21)24(27,28)29)34-13-15-16(25)6-5-7-17(15)26/h5-7,11-12H,4,8-10,13,30H2,1-3H3. The van der Waals surface area contributed by atoms with Crippen LogP contribution in [-0.2, 0) is 12.8 Å². The lowest BCUT2D eigenvalue weighted by Crippen LogP contribution is -2.36. The third-order valence-corrected chi connectivity index (χ3v) is 5.56. The number of aromatic nitrogens is 2. The van der Waals surface area contributed by atoms with Crippen LogP contribution in [0.1, 0.15) is 66.7 Å². The Hall–Kier alpha value is -3.01. The number of pyridine rings is 1. The Morgan fingerprint density at radius 1 is 1.15 bits per heavy atom. The van der Waals surface area contributed by atoms with Crippen LogP contribution in [0.2, 0.25) is 0 Å². The summed E-state index contributed by atoms with van der Waals surface area (Å²) in [6, 6.07) is 6.05. The molecule has 10 heteroatoms. The summed E-state index contributed by atoms with van der Waals surface area (Å²) in [5.74, 6) is -2.63. The van der Waals surface area contributed by atoms with E-state index in [0.29, 0.717) is 12.0 Å². The largest absolute Gasteiger partial charge is 0.473 e. The van der Waals surface area contributed by atoms with Crippen LogP contribution in [0.3, 0.4) is 0 Å². The fraction of sp³-hybridized carbons (Fsp3) is 0.417. The Morgan fingerprint density at radius 2 is 1.79 bits per heavy atom. The first-order valence-corrected chi connectivity index (χ1v) is 10.8. The number of nitrogens with zero attached hydrogens (tertiary/aromatic N) is 2. The number of rotatable bonds is 9. The van der Waals surface area contributed by atoms with Crippen LogP contribution in [-0.4, -0.2) is 20.9 Å². The number of benzene rings is 1. The molecule has 184 valence electrons. The molecule has 0 aliphatic rings. The summed E-state index contributed by atoms with van der Waals surface area (Å²) in [7, 11) is 0. The van der Waals surface area contributed by atoms with Crippen LogP contribution in [0.15, 0.2) is 30.3 Å². The highest BCUT2D eigenvalue weighted by Gasteiger charge is 2.40. The quantitative estimate of drug-likeness (QED) is 0.299. The van der Waals surface area contributed by atoms with Crippen LogP contribution in [0.4, 0.5) is 22.0 Å². The lowest BCUT2D eigenvalue weighted by Gasteiger charge is -2.23. The van der Waals surface area contributed by atoms with Crippen LogP contribution in [0, 0.1) is 18.6 Å². The van der Waals surface area contributed by atoms with Crippen LogP contribution < -0.4 is 10.5 Å². The number of nitrogens with two attached hydrogens (primary N) is 1. The van der Waals surface area contributed by atoms with Crippen molar-refractivity contribution in [3.05, 3.63) is 64.4 Å². The number of ketones is 1. The zero-order valence-electron chi connectivity index (χ0n) is 19.1. The topological polar surface area (TPSA) is 69.6 Å². The summed E-state index contributed by atoms with van der Waals surface area (Å²) in [6.45, 7) is 4.70. The molecule has 0 bridgehead atoms. The van der Waals surface area contributed by atoms with Gasteiger partial charge in [0, 0.05) is 18.0 Å². The van der Waals surface area contributed by atoms with Gasteiger partial charge in [-0.05, 0) is 50.5 Å². The first-order chi connectivity index (χ1) is 15.8. The minimum absolute atomic E-state index is 0.101. The summed E-state index contributed by atoms with van der Waals surface area (Å²) in [6.07, 6.45) is -3.51. The third kappa shape index (κ3) is 5.55. The van der Waals surface area contributed by atoms with E-state index in [0.717, 1.165) is 23.1 Å². The van der Waals surface area contributed by atoms with Crippen molar-refractivity contribution in [3.8, 4) is 5.88 Å². The maximum absolute atomic E-state index is 14.0. The van der Waals surface area contributed by atoms with Crippen molar-refractivity contribution in [2.45, 2.75) is 64.8 Å². The molecule has 0 saturated carbocycles. The molecular weight excluding hydrogens is 457 g/mol. The highest BCUT2D eigenvalue weighted by Crippen LogP contribution is 2.36. The van der Waals surface area contributed by atoms with E-state index in [9.17, 15) is 26.7 Å². The molecule has 1 atom stereocenters. The van der Waals surface area contributed by atoms with Crippen molar-refractivity contribution in [2.75, 3.05) is 0 Å².